The van der Waals surface area contributed by atoms with E-state index in [1.165, 1.54) is 37.5 Å². The van der Waals surface area contributed by atoms with Gasteiger partial charge in [-0.2, -0.15) is 0 Å². The third kappa shape index (κ3) is 3.58. The summed E-state index contributed by atoms with van der Waals surface area (Å²) in [6.07, 6.45) is 6.19. The van der Waals surface area contributed by atoms with Gasteiger partial charge in [0.25, 0.3) is 6.85 Å². The lowest BCUT2D eigenvalue weighted by atomic mass is 9.51. The smallest absolute Gasteiger partial charge is 0.288 e. The van der Waals surface area contributed by atoms with Crippen LogP contribution >= 0.6 is 0 Å². The minimum absolute atomic E-state index is 0.460. The Morgan fingerprint density at radius 3 is 2.82 bits per heavy atom. The summed E-state index contributed by atoms with van der Waals surface area (Å²) < 4.78 is 0. The zero-order valence-electron chi connectivity index (χ0n) is 10.8. The zero-order valence-corrected chi connectivity index (χ0v) is 10.8. The zero-order chi connectivity index (χ0) is 11.9. The maximum Gasteiger partial charge on any atom is 0.288 e. The number of benzene rings is 1. The molecule has 92 valence electrons. The molecule has 2 rings (SSSR count). The first-order chi connectivity index (χ1) is 8.42. The highest BCUT2D eigenvalue weighted by Gasteiger charge is 2.28. The molecule has 1 aliphatic rings. The van der Waals surface area contributed by atoms with Crippen LogP contribution in [0.4, 0.5) is 0 Å². The highest BCUT2D eigenvalue weighted by molar-refractivity contribution is 6.70. The van der Waals surface area contributed by atoms with Gasteiger partial charge in [0.1, 0.15) is 0 Å². The Morgan fingerprint density at radius 1 is 1.24 bits per heavy atom. The fourth-order valence-electron chi connectivity index (χ4n) is 2.44. The van der Waals surface area contributed by atoms with Crippen LogP contribution in [0.2, 0.25) is 6.32 Å². The molecule has 1 aromatic rings. The summed E-state index contributed by atoms with van der Waals surface area (Å²) in [4.78, 5) is 8.03. The molecule has 3 heteroatoms. The van der Waals surface area contributed by atoms with Crippen LogP contribution in [0.15, 0.2) is 30.3 Å². The topological polar surface area (TPSA) is 12.5 Å². The first-order valence-electron chi connectivity index (χ1n) is 6.86. The molecule has 0 spiro atoms. The van der Waals surface area contributed by atoms with Crippen molar-refractivity contribution in [1.29, 1.82) is 0 Å². The van der Waals surface area contributed by atoms with E-state index in [4.69, 9.17) is 4.84 Å². The fourth-order valence-corrected chi connectivity index (χ4v) is 2.44. The number of rotatable bonds is 5. The number of unbranched alkanes of at least 4 members (excludes halogenated alkanes) is 2. The molecular formula is C14H22BNO. The van der Waals surface area contributed by atoms with Gasteiger partial charge in [-0.1, -0.05) is 61.9 Å². The molecule has 1 heterocycles. The van der Waals surface area contributed by atoms with Crippen molar-refractivity contribution in [3.63, 3.8) is 0 Å². The molecule has 0 saturated carbocycles. The molecule has 2 nitrogen and oxygen atoms in total. The molecule has 1 aromatic carbocycles. The molecule has 0 radical (unpaired) electrons. The average Bonchev–Trinajstić information content (AvgIpc) is 2.41. The third-order valence-corrected chi connectivity index (χ3v) is 3.39. The normalized spacial score (nSPS) is 17.4. The molecule has 1 saturated heterocycles. The maximum absolute atomic E-state index is 5.82. The number of nitrogens with zero attached hydrogens (tertiary/aromatic N) is 1. The average molecular weight is 231 g/mol. The van der Waals surface area contributed by atoms with E-state index in [2.05, 4.69) is 42.2 Å². The van der Waals surface area contributed by atoms with Gasteiger partial charge in [0.15, 0.2) is 0 Å². The lowest BCUT2D eigenvalue weighted by molar-refractivity contribution is -0.102. The number of hydroxylamine groups is 1. The SMILES string of the molecule is CCCCCN1OCCCB1c1ccccc1. The van der Waals surface area contributed by atoms with E-state index in [-0.39, 0.29) is 0 Å². The van der Waals surface area contributed by atoms with Crippen LogP contribution in [-0.4, -0.2) is 25.0 Å². The Hall–Kier alpha value is -0.795. The second kappa shape index (κ2) is 6.82. The summed E-state index contributed by atoms with van der Waals surface area (Å²) in [5.74, 6) is 0. The molecule has 0 bridgehead atoms. The molecule has 0 unspecified atom stereocenters. The van der Waals surface area contributed by atoms with E-state index >= 15 is 0 Å². The van der Waals surface area contributed by atoms with Gasteiger partial charge in [0.05, 0.1) is 6.61 Å². The van der Waals surface area contributed by atoms with Crippen molar-refractivity contribution in [3.05, 3.63) is 30.3 Å². The van der Waals surface area contributed by atoms with Crippen molar-refractivity contribution in [2.75, 3.05) is 13.2 Å². The fraction of sp³-hybridized carbons (Fsp3) is 0.571. The lowest BCUT2D eigenvalue weighted by Crippen LogP contribution is -2.51. The first-order valence-corrected chi connectivity index (χ1v) is 6.86. The molecule has 0 amide bonds. The Morgan fingerprint density at radius 2 is 2.06 bits per heavy atom. The van der Waals surface area contributed by atoms with Crippen molar-refractivity contribution in [2.45, 2.75) is 38.9 Å². The van der Waals surface area contributed by atoms with Gasteiger partial charge >= 0.3 is 0 Å². The Labute approximate surface area is 105 Å². The lowest BCUT2D eigenvalue weighted by Gasteiger charge is -2.32. The van der Waals surface area contributed by atoms with Crippen LogP contribution in [0.1, 0.15) is 32.6 Å². The quantitative estimate of drug-likeness (QED) is 0.570. The Kier molecular flexibility index (Phi) is 5.08. The first kappa shape index (κ1) is 12.7. The van der Waals surface area contributed by atoms with Gasteiger partial charge in [0.2, 0.25) is 0 Å². The molecule has 1 aliphatic heterocycles. The molecule has 0 aromatic heterocycles. The van der Waals surface area contributed by atoms with Gasteiger partial charge in [-0.05, 0) is 12.8 Å². The highest BCUT2D eigenvalue weighted by Crippen LogP contribution is 2.14. The molecule has 17 heavy (non-hydrogen) atoms. The minimum Gasteiger partial charge on any atom is -0.310 e. The summed E-state index contributed by atoms with van der Waals surface area (Å²) in [6, 6.07) is 10.7. The summed E-state index contributed by atoms with van der Waals surface area (Å²) in [5.41, 5.74) is 1.39. The molecule has 0 aliphatic carbocycles. The minimum atomic E-state index is 0.460. The summed E-state index contributed by atoms with van der Waals surface area (Å²) in [6.45, 7) is 4.65. The second-order valence-electron chi connectivity index (χ2n) is 4.75. The maximum atomic E-state index is 5.82. The van der Waals surface area contributed by atoms with Gasteiger partial charge < -0.3 is 4.84 Å². The van der Waals surface area contributed by atoms with E-state index < -0.39 is 0 Å². The van der Waals surface area contributed by atoms with E-state index in [0.29, 0.717) is 6.85 Å². The molecular weight excluding hydrogens is 209 g/mol. The van der Waals surface area contributed by atoms with E-state index in [0.717, 1.165) is 13.2 Å². The van der Waals surface area contributed by atoms with E-state index in [1.807, 2.05) is 0 Å². The standard InChI is InChI=1S/C14H22BNO/c1-2-3-7-12-16-15(11-8-13-17-16)14-9-5-4-6-10-14/h4-6,9-10H,2-3,7-8,11-13H2,1H3. The predicted molar refractivity (Wildman–Crippen MR) is 73.4 cm³/mol. The van der Waals surface area contributed by atoms with Crippen molar-refractivity contribution in [1.82, 2.24) is 4.97 Å². The second-order valence-corrected chi connectivity index (χ2v) is 4.75. The molecule has 0 atom stereocenters. The van der Waals surface area contributed by atoms with Crippen molar-refractivity contribution < 1.29 is 4.84 Å². The van der Waals surface area contributed by atoms with Crippen LogP contribution in [0, 0.1) is 0 Å². The Bertz CT molecular complexity index is 317. The van der Waals surface area contributed by atoms with Crippen LogP contribution < -0.4 is 5.46 Å². The number of hydrogen-bond donors (Lipinski definition) is 0. The highest BCUT2D eigenvalue weighted by atomic mass is 16.7. The van der Waals surface area contributed by atoms with Crippen LogP contribution in [0.5, 0.6) is 0 Å². The predicted octanol–water partition coefficient (Wildman–Crippen LogP) is 2.71. The summed E-state index contributed by atoms with van der Waals surface area (Å²) >= 11 is 0. The van der Waals surface area contributed by atoms with Gasteiger partial charge in [-0.15, -0.1) is 0 Å². The van der Waals surface area contributed by atoms with Crippen LogP contribution in [-0.2, 0) is 4.84 Å². The molecule has 1 fully saturated rings. The van der Waals surface area contributed by atoms with E-state index in [1.54, 1.807) is 0 Å². The monoisotopic (exact) mass is 231 g/mol. The Balaban J connectivity index is 1.97. The van der Waals surface area contributed by atoms with Crippen molar-refractivity contribution in [3.8, 4) is 0 Å². The largest absolute Gasteiger partial charge is 0.310 e. The van der Waals surface area contributed by atoms with Gasteiger partial charge in [-0.3, -0.25) is 0 Å². The van der Waals surface area contributed by atoms with Crippen molar-refractivity contribution >= 4 is 12.3 Å². The van der Waals surface area contributed by atoms with Crippen LogP contribution in [0.3, 0.4) is 0 Å². The summed E-state index contributed by atoms with van der Waals surface area (Å²) in [7, 11) is 0. The van der Waals surface area contributed by atoms with Crippen LogP contribution in [0.25, 0.3) is 0 Å². The van der Waals surface area contributed by atoms with E-state index in [9.17, 15) is 0 Å². The summed E-state index contributed by atoms with van der Waals surface area (Å²) in [5, 5.41) is 0. The van der Waals surface area contributed by atoms with Gasteiger partial charge in [0, 0.05) is 6.54 Å². The third-order valence-electron chi connectivity index (χ3n) is 3.39. The van der Waals surface area contributed by atoms with Crippen molar-refractivity contribution in [2.24, 2.45) is 0 Å². The van der Waals surface area contributed by atoms with Gasteiger partial charge in [-0.25, -0.2) is 4.97 Å². The molecule has 0 N–H and O–H groups in total. The number of hydrogen-bond acceptors (Lipinski definition) is 2.